The van der Waals surface area contributed by atoms with Gasteiger partial charge in [-0.3, -0.25) is 4.79 Å². The van der Waals surface area contributed by atoms with E-state index in [4.69, 9.17) is 9.63 Å². The number of aromatic nitrogens is 2. The maximum Gasteiger partial charge on any atom is 0.303 e. The van der Waals surface area contributed by atoms with Gasteiger partial charge in [-0.1, -0.05) is 18.5 Å². The number of carboxylic acids is 1. The van der Waals surface area contributed by atoms with Crippen LogP contribution in [0.25, 0.3) is 0 Å². The molecule has 6 nitrogen and oxygen atoms in total. The number of hydrogen-bond donors (Lipinski definition) is 1. The smallest absolute Gasteiger partial charge is 0.303 e. The first-order valence-corrected chi connectivity index (χ1v) is 6.96. The summed E-state index contributed by atoms with van der Waals surface area (Å²) in [6, 6.07) is 0.490. The number of likely N-dealkylation sites (tertiary alicyclic amines) is 1. The van der Waals surface area contributed by atoms with E-state index in [-0.39, 0.29) is 6.42 Å². The monoisotopic (exact) mass is 267 g/mol. The topological polar surface area (TPSA) is 79.5 Å². The van der Waals surface area contributed by atoms with Gasteiger partial charge in [0.25, 0.3) is 0 Å². The summed E-state index contributed by atoms with van der Waals surface area (Å²) >= 11 is 0. The van der Waals surface area contributed by atoms with Gasteiger partial charge < -0.3 is 14.5 Å². The standard InChI is InChI=1S/C13H21N3O3/c1-2-16-8-4-3-5-10(16)9-11-14-12(19-15-11)6-7-13(17)18/h10H,2-9H2,1H3,(H,17,18). The Bertz CT molecular complexity index is 419. The molecule has 1 atom stereocenters. The molecule has 0 spiro atoms. The molecule has 6 heteroatoms. The summed E-state index contributed by atoms with van der Waals surface area (Å²) in [6.07, 6.45) is 4.83. The molecule has 1 aliphatic rings. The molecule has 106 valence electrons. The normalized spacial score (nSPS) is 20.6. The van der Waals surface area contributed by atoms with Crippen molar-refractivity contribution in [1.29, 1.82) is 0 Å². The van der Waals surface area contributed by atoms with Gasteiger partial charge in [0.1, 0.15) is 0 Å². The van der Waals surface area contributed by atoms with Crippen molar-refractivity contribution in [2.75, 3.05) is 13.1 Å². The summed E-state index contributed by atoms with van der Waals surface area (Å²) in [7, 11) is 0. The summed E-state index contributed by atoms with van der Waals surface area (Å²) in [6.45, 7) is 4.37. The van der Waals surface area contributed by atoms with E-state index in [2.05, 4.69) is 22.0 Å². The van der Waals surface area contributed by atoms with Crippen molar-refractivity contribution in [1.82, 2.24) is 15.0 Å². The molecule has 19 heavy (non-hydrogen) atoms. The van der Waals surface area contributed by atoms with Crippen LogP contribution in [0.1, 0.15) is 44.3 Å². The number of carboxylic acid groups (broad SMARTS) is 1. The minimum atomic E-state index is -0.843. The Hall–Kier alpha value is -1.43. The van der Waals surface area contributed by atoms with E-state index in [0.29, 0.717) is 24.2 Å². The number of aliphatic carboxylic acids is 1. The van der Waals surface area contributed by atoms with Gasteiger partial charge in [0.15, 0.2) is 5.82 Å². The molecule has 1 aromatic heterocycles. The van der Waals surface area contributed by atoms with Crippen molar-refractivity contribution in [3.05, 3.63) is 11.7 Å². The number of nitrogens with zero attached hydrogens (tertiary/aromatic N) is 3. The Labute approximate surface area is 112 Å². The van der Waals surface area contributed by atoms with Crippen LogP contribution < -0.4 is 0 Å². The number of rotatable bonds is 6. The van der Waals surface area contributed by atoms with Gasteiger partial charge in [0, 0.05) is 18.9 Å². The SMILES string of the molecule is CCN1CCCCC1Cc1noc(CCC(=O)O)n1. The highest BCUT2D eigenvalue weighted by atomic mass is 16.5. The highest BCUT2D eigenvalue weighted by Crippen LogP contribution is 2.19. The van der Waals surface area contributed by atoms with Gasteiger partial charge in [-0.25, -0.2) is 0 Å². The predicted molar refractivity (Wildman–Crippen MR) is 68.8 cm³/mol. The van der Waals surface area contributed by atoms with Crippen LogP contribution in [0.2, 0.25) is 0 Å². The summed E-state index contributed by atoms with van der Waals surface area (Å²) in [4.78, 5) is 17.2. The van der Waals surface area contributed by atoms with Crippen molar-refractivity contribution >= 4 is 5.97 Å². The molecule has 1 aliphatic heterocycles. The lowest BCUT2D eigenvalue weighted by Gasteiger charge is -2.34. The van der Waals surface area contributed by atoms with Crippen LogP contribution in [0.15, 0.2) is 4.52 Å². The van der Waals surface area contributed by atoms with Gasteiger partial charge in [0.2, 0.25) is 5.89 Å². The molecule has 0 aliphatic carbocycles. The molecule has 0 radical (unpaired) electrons. The lowest BCUT2D eigenvalue weighted by Crippen LogP contribution is -2.40. The molecule has 0 amide bonds. The average molecular weight is 267 g/mol. The number of hydrogen-bond acceptors (Lipinski definition) is 5. The molecule has 0 aromatic carbocycles. The first kappa shape index (κ1) is 14.0. The second-order valence-electron chi connectivity index (χ2n) is 4.98. The number of carbonyl (C=O) groups is 1. The minimum Gasteiger partial charge on any atom is -0.481 e. The second kappa shape index (κ2) is 6.65. The van der Waals surface area contributed by atoms with Crippen LogP contribution >= 0.6 is 0 Å². The van der Waals surface area contributed by atoms with E-state index >= 15 is 0 Å². The highest BCUT2D eigenvalue weighted by molar-refractivity contribution is 5.66. The van der Waals surface area contributed by atoms with Gasteiger partial charge in [0.05, 0.1) is 6.42 Å². The maximum absolute atomic E-state index is 10.5. The Morgan fingerprint density at radius 1 is 1.53 bits per heavy atom. The number of piperidine rings is 1. The molecule has 1 fully saturated rings. The predicted octanol–water partition coefficient (Wildman–Crippen LogP) is 1.50. The molecule has 1 unspecified atom stereocenters. The van der Waals surface area contributed by atoms with Gasteiger partial charge in [-0.05, 0) is 25.9 Å². The maximum atomic E-state index is 10.5. The Morgan fingerprint density at radius 2 is 2.37 bits per heavy atom. The van der Waals surface area contributed by atoms with Crippen LogP contribution in [0.3, 0.4) is 0 Å². The van der Waals surface area contributed by atoms with E-state index in [1.807, 2.05) is 0 Å². The lowest BCUT2D eigenvalue weighted by atomic mass is 9.99. The first-order chi connectivity index (χ1) is 9.19. The summed E-state index contributed by atoms with van der Waals surface area (Å²) in [5.41, 5.74) is 0. The van der Waals surface area contributed by atoms with Crippen molar-refractivity contribution < 1.29 is 14.4 Å². The Balaban J connectivity index is 1.89. The quantitative estimate of drug-likeness (QED) is 0.841. The fourth-order valence-corrected chi connectivity index (χ4v) is 2.61. The third-order valence-corrected chi connectivity index (χ3v) is 3.64. The second-order valence-corrected chi connectivity index (χ2v) is 4.98. The summed E-state index contributed by atoms with van der Waals surface area (Å²) in [5, 5.41) is 12.6. The van der Waals surface area contributed by atoms with Gasteiger partial charge in [-0.2, -0.15) is 4.98 Å². The van der Waals surface area contributed by atoms with E-state index in [1.54, 1.807) is 0 Å². The first-order valence-electron chi connectivity index (χ1n) is 6.96. The third-order valence-electron chi connectivity index (χ3n) is 3.64. The van der Waals surface area contributed by atoms with E-state index < -0.39 is 5.97 Å². The van der Waals surface area contributed by atoms with Crippen LogP contribution in [0.4, 0.5) is 0 Å². The molecule has 1 aromatic rings. The fourth-order valence-electron chi connectivity index (χ4n) is 2.61. The summed E-state index contributed by atoms with van der Waals surface area (Å²) < 4.78 is 5.08. The van der Waals surface area contributed by atoms with Crippen molar-refractivity contribution in [2.24, 2.45) is 0 Å². The molecule has 1 saturated heterocycles. The molecule has 2 heterocycles. The van der Waals surface area contributed by atoms with E-state index in [0.717, 1.165) is 19.5 Å². The molecular weight excluding hydrogens is 246 g/mol. The molecule has 0 saturated carbocycles. The molecule has 2 rings (SSSR count). The van der Waals surface area contributed by atoms with Crippen LogP contribution in [-0.4, -0.2) is 45.2 Å². The Morgan fingerprint density at radius 3 is 3.11 bits per heavy atom. The zero-order chi connectivity index (χ0) is 13.7. The average Bonchev–Trinajstić information content (AvgIpc) is 2.85. The Kier molecular flexibility index (Phi) is 4.90. The molecule has 1 N–H and O–H groups in total. The van der Waals surface area contributed by atoms with Crippen molar-refractivity contribution in [3.8, 4) is 0 Å². The van der Waals surface area contributed by atoms with Crippen molar-refractivity contribution in [2.45, 2.75) is 51.5 Å². The lowest BCUT2D eigenvalue weighted by molar-refractivity contribution is -0.137. The largest absolute Gasteiger partial charge is 0.481 e. The molecule has 0 bridgehead atoms. The van der Waals surface area contributed by atoms with Crippen LogP contribution in [-0.2, 0) is 17.6 Å². The van der Waals surface area contributed by atoms with E-state index in [9.17, 15) is 4.79 Å². The van der Waals surface area contributed by atoms with Gasteiger partial charge in [-0.15, -0.1) is 0 Å². The van der Waals surface area contributed by atoms with Crippen LogP contribution in [0, 0.1) is 0 Å². The zero-order valence-corrected chi connectivity index (χ0v) is 11.3. The minimum absolute atomic E-state index is 0.0339. The van der Waals surface area contributed by atoms with Crippen molar-refractivity contribution in [3.63, 3.8) is 0 Å². The highest BCUT2D eigenvalue weighted by Gasteiger charge is 2.23. The summed E-state index contributed by atoms with van der Waals surface area (Å²) in [5.74, 6) is 0.284. The van der Waals surface area contributed by atoms with E-state index in [1.165, 1.54) is 19.3 Å². The number of aryl methyl sites for hydroxylation is 1. The van der Waals surface area contributed by atoms with Gasteiger partial charge >= 0.3 is 5.97 Å². The van der Waals surface area contributed by atoms with Crippen LogP contribution in [0.5, 0.6) is 0 Å². The third kappa shape index (κ3) is 4.02. The number of likely N-dealkylation sites (N-methyl/N-ethyl adjacent to an activating group) is 1. The zero-order valence-electron chi connectivity index (χ0n) is 11.3. The fraction of sp³-hybridized carbons (Fsp3) is 0.769. The molecular formula is C13H21N3O3.